The van der Waals surface area contributed by atoms with Gasteiger partial charge in [0.1, 0.15) is 0 Å². The van der Waals surface area contributed by atoms with Gasteiger partial charge in [-0.05, 0) is 49.4 Å². The molecule has 0 unspecified atom stereocenters. The zero-order valence-electron chi connectivity index (χ0n) is 16.4. The molecule has 0 radical (unpaired) electrons. The van der Waals surface area contributed by atoms with E-state index in [1.54, 1.807) is 24.3 Å². The lowest BCUT2D eigenvalue weighted by molar-refractivity contribution is 0.0229. The molecule has 0 spiro atoms. The fourth-order valence-corrected chi connectivity index (χ4v) is 4.33. The van der Waals surface area contributed by atoms with Crippen LogP contribution in [0.5, 0.6) is 0 Å². The number of pyridine rings is 1. The lowest BCUT2D eigenvalue weighted by Crippen LogP contribution is -2.33. The van der Waals surface area contributed by atoms with Gasteiger partial charge in [0.05, 0.1) is 22.2 Å². The smallest absolute Gasteiger partial charge is 0.340 e. The summed E-state index contributed by atoms with van der Waals surface area (Å²) in [5.41, 5.74) is 3.81. The minimum atomic E-state index is -0.525. The number of rotatable bonds is 3. The average Bonchev–Trinajstić information content (AvgIpc) is 2.91. The number of esters is 1. The molecule has 0 fully saturated rings. The number of aryl methyl sites for hydroxylation is 1. The SMILES string of the molecule is O=C(OCN1C(=O)c2ccccc2C1=O)c1c2c(nc3ccccc13)CCCCC2. The maximum absolute atomic E-state index is 13.2. The number of ether oxygens (including phenoxy) is 1. The van der Waals surface area contributed by atoms with Crippen molar-refractivity contribution >= 4 is 28.7 Å². The van der Waals surface area contributed by atoms with Crippen molar-refractivity contribution in [1.82, 2.24) is 9.88 Å². The Bertz CT molecular complexity index is 1170. The molecule has 150 valence electrons. The predicted molar refractivity (Wildman–Crippen MR) is 110 cm³/mol. The molecule has 2 amide bonds. The average molecular weight is 400 g/mol. The van der Waals surface area contributed by atoms with Crippen LogP contribution in [0.25, 0.3) is 10.9 Å². The molecule has 3 aromatic rings. The van der Waals surface area contributed by atoms with Crippen LogP contribution in [0.1, 0.15) is 61.6 Å². The Labute approximate surface area is 173 Å². The molecular weight excluding hydrogens is 380 g/mol. The van der Waals surface area contributed by atoms with Crippen molar-refractivity contribution in [3.63, 3.8) is 0 Å². The van der Waals surface area contributed by atoms with Gasteiger partial charge in [-0.2, -0.15) is 0 Å². The van der Waals surface area contributed by atoms with Gasteiger partial charge in [0.15, 0.2) is 6.73 Å². The zero-order chi connectivity index (χ0) is 20.7. The predicted octanol–water partition coefficient (Wildman–Crippen LogP) is 3.91. The van der Waals surface area contributed by atoms with Gasteiger partial charge in [-0.3, -0.25) is 14.6 Å². The van der Waals surface area contributed by atoms with E-state index in [1.165, 1.54) is 0 Å². The largest absolute Gasteiger partial charge is 0.440 e. The number of aromatic nitrogens is 1. The molecule has 0 saturated carbocycles. The van der Waals surface area contributed by atoms with E-state index in [2.05, 4.69) is 0 Å². The number of amides is 2. The summed E-state index contributed by atoms with van der Waals surface area (Å²) in [6.07, 6.45) is 4.73. The van der Waals surface area contributed by atoms with Gasteiger partial charge in [0.2, 0.25) is 0 Å². The van der Waals surface area contributed by atoms with Crippen LogP contribution in [0.2, 0.25) is 0 Å². The maximum Gasteiger partial charge on any atom is 0.340 e. The Balaban J connectivity index is 1.47. The highest BCUT2D eigenvalue weighted by Gasteiger charge is 2.36. The highest BCUT2D eigenvalue weighted by atomic mass is 16.5. The summed E-state index contributed by atoms with van der Waals surface area (Å²) >= 11 is 0. The van der Waals surface area contributed by atoms with E-state index < -0.39 is 24.5 Å². The van der Waals surface area contributed by atoms with Gasteiger partial charge in [-0.15, -0.1) is 0 Å². The molecule has 0 N–H and O–H groups in total. The Morgan fingerprint density at radius 2 is 1.57 bits per heavy atom. The number of benzene rings is 2. The topological polar surface area (TPSA) is 76.6 Å². The Hall–Kier alpha value is -3.54. The van der Waals surface area contributed by atoms with Crippen LogP contribution in [0.4, 0.5) is 0 Å². The monoisotopic (exact) mass is 400 g/mol. The van der Waals surface area contributed by atoms with Crippen molar-refractivity contribution in [3.05, 3.63) is 76.5 Å². The third kappa shape index (κ3) is 2.96. The molecule has 5 rings (SSSR count). The van der Waals surface area contributed by atoms with Crippen LogP contribution in [0.15, 0.2) is 48.5 Å². The van der Waals surface area contributed by atoms with Gasteiger partial charge >= 0.3 is 5.97 Å². The van der Waals surface area contributed by atoms with Crippen molar-refractivity contribution in [3.8, 4) is 0 Å². The number of carbonyl (C=O) groups is 3. The fraction of sp³-hybridized carbons (Fsp3) is 0.250. The molecule has 0 saturated heterocycles. The van der Waals surface area contributed by atoms with Crippen LogP contribution in [0.3, 0.4) is 0 Å². The molecule has 0 bridgehead atoms. The van der Waals surface area contributed by atoms with Crippen LogP contribution in [-0.2, 0) is 17.6 Å². The van der Waals surface area contributed by atoms with Crippen molar-refractivity contribution in [2.24, 2.45) is 0 Å². The first kappa shape index (κ1) is 18.5. The highest BCUT2D eigenvalue weighted by molar-refractivity contribution is 6.21. The van der Waals surface area contributed by atoms with E-state index in [0.717, 1.165) is 59.2 Å². The van der Waals surface area contributed by atoms with Gasteiger partial charge in [-0.25, -0.2) is 9.69 Å². The summed E-state index contributed by atoms with van der Waals surface area (Å²) < 4.78 is 5.52. The van der Waals surface area contributed by atoms with Crippen LogP contribution >= 0.6 is 0 Å². The fourth-order valence-electron chi connectivity index (χ4n) is 4.33. The second kappa shape index (κ2) is 7.37. The van der Waals surface area contributed by atoms with Gasteiger partial charge < -0.3 is 4.74 Å². The number of para-hydroxylation sites is 1. The lowest BCUT2D eigenvalue weighted by Gasteiger charge is -2.17. The molecule has 2 aliphatic rings. The highest BCUT2D eigenvalue weighted by Crippen LogP contribution is 2.30. The molecule has 6 heteroatoms. The first-order valence-corrected chi connectivity index (χ1v) is 10.2. The van der Waals surface area contributed by atoms with Crippen molar-refractivity contribution in [2.75, 3.05) is 6.73 Å². The summed E-state index contributed by atoms with van der Waals surface area (Å²) in [5.74, 6) is -1.41. The second-order valence-electron chi connectivity index (χ2n) is 7.63. The maximum atomic E-state index is 13.2. The summed E-state index contributed by atoms with van der Waals surface area (Å²) in [6, 6.07) is 14.1. The zero-order valence-corrected chi connectivity index (χ0v) is 16.4. The van der Waals surface area contributed by atoms with Crippen LogP contribution in [-0.4, -0.2) is 34.4 Å². The number of hydrogen-bond acceptors (Lipinski definition) is 5. The molecule has 2 aromatic carbocycles. The molecule has 2 heterocycles. The first-order valence-electron chi connectivity index (χ1n) is 10.2. The Morgan fingerprint density at radius 3 is 2.33 bits per heavy atom. The van der Waals surface area contributed by atoms with Crippen molar-refractivity contribution in [2.45, 2.75) is 32.1 Å². The number of nitrogens with zero attached hydrogens (tertiary/aromatic N) is 2. The molecular formula is C24H20N2O4. The Kier molecular flexibility index (Phi) is 4.54. The quantitative estimate of drug-likeness (QED) is 0.378. The van der Waals surface area contributed by atoms with Crippen molar-refractivity contribution < 1.29 is 19.1 Å². The van der Waals surface area contributed by atoms with Gasteiger partial charge in [0.25, 0.3) is 11.8 Å². The molecule has 0 atom stereocenters. The minimum Gasteiger partial charge on any atom is -0.440 e. The number of carbonyl (C=O) groups excluding carboxylic acids is 3. The van der Waals surface area contributed by atoms with Crippen molar-refractivity contribution in [1.29, 1.82) is 0 Å². The third-order valence-electron chi connectivity index (χ3n) is 5.83. The van der Waals surface area contributed by atoms with E-state index in [4.69, 9.17) is 9.72 Å². The number of imide groups is 1. The van der Waals surface area contributed by atoms with Gasteiger partial charge in [-0.1, -0.05) is 36.8 Å². The molecule has 30 heavy (non-hydrogen) atoms. The minimum absolute atomic E-state index is 0.335. The van der Waals surface area contributed by atoms with Crippen LogP contribution in [0, 0.1) is 0 Å². The van der Waals surface area contributed by atoms with E-state index in [-0.39, 0.29) is 0 Å². The number of hydrogen-bond donors (Lipinski definition) is 0. The van der Waals surface area contributed by atoms with E-state index in [1.807, 2.05) is 24.3 Å². The second-order valence-corrected chi connectivity index (χ2v) is 7.63. The Morgan fingerprint density at radius 1 is 0.900 bits per heavy atom. The number of fused-ring (bicyclic) bond motifs is 3. The van der Waals surface area contributed by atoms with E-state index >= 15 is 0 Å². The summed E-state index contributed by atoms with van der Waals surface area (Å²) in [5, 5.41) is 0.741. The summed E-state index contributed by atoms with van der Waals surface area (Å²) in [7, 11) is 0. The lowest BCUT2D eigenvalue weighted by atomic mass is 9.97. The standard InChI is InChI=1S/C24H20N2O4/c27-22-15-8-4-5-9-16(15)23(28)26(22)14-30-24(29)21-17-10-2-1-3-12-19(17)25-20-13-7-6-11-18(20)21/h4-9,11,13H,1-3,10,12,14H2. The normalized spacial score (nSPS) is 15.7. The third-order valence-corrected chi connectivity index (χ3v) is 5.83. The molecule has 6 nitrogen and oxygen atoms in total. The van der Waals surface area contributed by atoms with Gasteiger partial charge in [0, 0.05) is 11.1 Å². The summed E-state index contributed by atoms with van der Waals surface area (Å²) in [4.78, 5) is 44.0. The molecule has 1 aliphatic heterocycles. The van der Waals surface area contributed by atoms with Crippen LogP contribution < -0.4 is 0 Å². The molecule has 1 aromatic heterocycles. The van der Waals surface area contributed by atoms with E-state index in [9.17, 15) is 14.4 Å². The molecule has 1 aliphatic carbocycles. The van der Waals surface area contributed by atoms with E-state index in [0.29, 0.717) is 16.7 Å². The first-order chi connectivity index (χ1) is 14.6. The summed E-state index contributed by atoms with van der Waals surface area (Å²) in [6.45, 7) is -0.406.